The zero-order valence-corrected chi connectivity index (χ0v) is 14.6. The van der Waals surface area contributed by atoms with Crippen LogP contribution in [-0.4, -0.2) is 20.2 Å². The van der Waals surface area contributed by atoms with Crippen molar-refractivity contribution < 1.29 is 10.2 Å². The number of hydrogen-bond donors (Lipinski definition) is 2. The topological polar surface area (TPSA) is 40.5 Å². The molecule has 3 aliphatic rings. The first-order chi connectivity index (χ1) is 10.0. The van der Waals surface area contributed by atoms with E-state index in [9.17, 15) is 10.2 Å². The average molecular weight is 398 g/mol. The number of phenolic OH excluding ortho intramolecular Hbond substituents is 1. The maximum Gasteiger partial charge on any atom is 0.115 e. The Hall–Kier alpha value is -0.290. The molecule has 0 saturated heterocycles. The van der Waals surface area contributed by atoms with Gasteiger partial charge in [0, 0.05) is 3.92 Å². The highest BCUT2D eigenvalue weighted by Crippen LogP contribution is 2.62. The number of halogens is 1. The SMILES string of the molecule is C[C@]12CC[C@@H]3c4ccc(O)cc4CC[C@H]3[C@@H]1C(I)CC2O. The van der Waals surface area contributed by atoms with E-state index in [1.807, 2.05) is 12.1 Å². The predicted molar refractivity (Wildman–Crippen MR) is 91.9 cm³/mol. The Bertz CT molecular complexity index is 572. The fourth-order valence-electron chi connectivity index (χ4n) is 5.55. The molecule has 114 valence electrons. The van der Waals surface area contributed by atoms with E-state index in [0.717, 1.165) is 19.3 Å². The van der Waals surface area contributed by atoms with Gasteiger partial charge in [-0.1, -0.05) is 35.6 Å². The number of benzene rings is 1. The Balaban J connectivity index is 1.73. The second kappa shape index (κ2) is 4.85. The maximum absolute atomic E-state index is 10.5. The largest absolute Gasteiger partial charge is 0.508 e. The van der Waals surface area contributed by atoms with E-state index in [-0.39, 0.29) is 11.5 Å². The number of aliphatic hydroxyl groups is 1. The first-order valence-corrected chi connectivity index (χ1v) is 9.39. The molecule has 0 aliphatic heterocycles. The lowest BCUT2D eigenvalue weighted by Gasteiger charge is -2.50. The highest BCUT2D eigenvalue weighted by Gasteiger charge is 2.57. The van der Waals surface area contributed by atoms with Crippen LogP contribution in [0.1, 0.15) is 49.7 Å². The standard InChI is InChI=1S/C18H23IO2/c1-18-7-6-13-12-5-3-11(20)8-10(12)2-4-14(13)17(18)15(19)9-16(18)21/h3,5,8,13-17,20-21H,2,4,6-7,9H2,1H3/t13-,14-,15?,16?,17-,18-/m1/s1. The number of hydrogen-bond acceptors (Lipinski definition) is 2. The Morgan fingerprint density at radius 1 is 1.29 bits per heavy atom. The van der Waals surface area contributed by atoms with Crippen LogP contribution >= 0.6 is 22.6 Å². The molecule has 0 bridgehead atoms. The molecule has 0 radical (unpaired) electrons. The predicted octanol–water partition coefficient (Wildman–Crippen LogP) is 4.02. The van der Waals surface area contributed by atoms with Gasteiger partial charge in [-0.2, -0.15) is 0 Å². The van der Waals surface area contributed by atoms with Gasteiger partial charge < -0.3 is 10.2 Å². The van der Waals surface area contributed by atoms with Crippen LogP contribution in [0.25, 0.3) is 0 Å². The number of aryl methyl sites for hydroxylation is 1. The van der Waals surface area contributed by atoms with Crippen molar-refractivity contribution in [2.24, 2.45) is 17.3 Å². The molecule has 21 heavy (non-hydrogen) atoms. The van der Waals surface area contributed by atoms with Crippen molar-refractivity contribution in [1.82, 2.24) is 0 Å². The van der Waals surface area contributed by atoms with Crippen LogP contribution in [0.5, 0.6) is 5.75 Å². The zero-order chi connectivity index (χ0) is 14.8. The minimum Gasteiger partial charge on any atom is -0.508 e. The first-order valence-electron chi connectivity index (χ1n) is 8.14. The zero-order valence-electron chi connectivity index (χ0n) is 12.4. The lowest BCUT2D eigenvalue weighted by Crippen LogP contribution is -2.45. The minimum absolute atomic E-state index is 0.119. The van der Waals surface area contributed by atoms with E-state index in [4.69, 9.17) is 0 Å². The lowest BCUT2D eigenvalue weighted by molar-refractivity contribution is -0.0213. The van der Waals surface area contributed by atoms with E-state index in [1.165, 1.54) is 24.0 Å². The molecule has 3 aliphatic carbocycles. The third kappa shape index (κ3) is 1.99. The number of aromatic hydroxyl groups is 1. The normalized spacial score (nSPS) is 44.8. The summed E-state index contributed by atoms with van der Waals surface area (Å²) < 4.78 is 0.606. The van der Waals surface area contributed by atoms with Gasteiger partial charge >= 0.3 is 0 Å². The summed E-state index contributed by atoms with van der Waals surface area (Å²) in [5.41, 5.74) is 2.95. The molecule has 0 spiro atoms. The number of alkyl halides is 1. The molecule has 0 aromatic heterocycles. The molecule has 2 N–H and O–H groups in total. The second-order valence-corrected chi connectivity index (χ2v) is 9.13. The third-order valence-electron chi connectivity index (χ3n) is 6.61. The van der Waals surface area contributed by atoms with Gasteiger partial charge in [-0.15, -0.1) is 0 Å². The second-order valence-electron chi connectivity index (χ2n) is 7.53. The molecule has 1 aromatic carbocycles. The Morgan fingerprint density at radius 3 is 2.90 bits per heavy atom. The van der Waals surface area contributed by atoms with Crippen molar-refractivity contribution in [3.8, 4) is 5.75 Å². The van der Waals surface area contributed by atoms with Gasteiger partial charge in [0.05, 0.1) is 6.10 Å². The van der Waals surface area contributed by atoms with Gasteiger partial charge in [-0.05, 0) is 78.5 Å². The molecular weight excluding hydrogens is 375 g/mol. The van der Waals surface area contributed by atoms with Crippen molar-refractivity contribution in [3.63, 3.8) is 0 Å². The first kappa shape index (κ1) is 14.3. The molecule has 4 rings (SSSR count). The van der Waals surface area contributed by atoms with Crippen LogP contribution in [-0.2, 0) is 6.42 Å². The minimum atomic E-state index is -0.119. The smallest absolute Gasteiger partial charge is 0.115 e. The third-order valence-corrected chi connectivity index (χ3v) is 7.89. The summed E-state index contributed by atoms with van der Waals surface area (Å²) in [5.74, 6) is 2.39. The van der Waals surface area contributed by atoms with E-state index in [1.54, 1.807) is 0 Å². The molecule has 0 heterocycles. The summed E-state index contributed by atoms with van der Waals surface area (Å²) in [6.07, 6.45) is 5.47. The Kier molecular flexibility index (Phi) is 3.31. The van der Waals surface area contributed by atoms with Gasteiger partial charge in [0.25, 0.3) is 0 Å². The fraction of sp³-hybridized carbons (Fsp3) is 0.667. The van der Waals surface area contributed by atoms with Gasteiger partial charge in [-0.25, -0.2) is 0 Å². The Morgan fingerprint density at radius 2 is 2.10 bits per heavy atom. The number of aliphatic hydroxyl groups excluding tert-OH is 1. The number of phenols is 1. The van der Waals surface area contributed by atoms with Crippen LogP contribution in [0.2, 0.25) is 0 Å². The average Bonchev–Trinajstić information content (AvgIpc) is 2.68. The highest BCUT2D eigenvalue weighted by atomic mass is 127. The summed E-state index contributed by atoms with van der Waals surface area (Å²) in [6, 6.07) is 5.96. The van der Waals surface area contributed by atoms with Gasteiger partial charge in [0.1, 0.15) is 5.75 Å². The van der Waals surface area contributed by atoms with Crippen LogP contribution in [0.3, 0.4) is 0 Å². The van der Waals surface area contributed by atoms with Gasteiger partial charge in [0.15, 0.2) is 0 Å². The van der Waals surface area contributed by atoms with Crippen LogP contribution in [0.4, 0.5) is 0 Å². The summed E-state index contributed by atoms with van der Waals surface area (Å²) in [5, 5.41) is 20.3. The molecule has 2 saturated carbocycles. The van der Waals surface area contributed by atoms with E-state index < -0.39 is 0 Å². The van der Waals surface area contributed by atoms with E-state index in [0.29, 0.717) is 27.4 Å². The van der Waals surface area contributed by atoms with Crippen molar-refractivity contribution in [3.05, 3.63) is 29.3 Å². The fourth-order valence-corrected chi connectivity index (χ4v) is 7.38. The van der Waals surface area contributed by atoms with Gasteiger partial charge in [0.2, 0.25) is 0 Å². The summed E-state index contributed by atoms with van der Waals surface area (Å²) in [4.78, 5) is 0. The number of fused-ring (bicyclic) bond motifs is 5. The summed E-state index contributed by atoms with van der Waals surface area (Å²) >= 11 is 2.59. The molecule has 2 fully saturated rings. The monoisotopic (exact) mass is 398 g/mol. The Labute approximate surface area is 140 Å². The number of rotatable bonds is 0. The molecule has 2 nitrogen and oxygen atoms in total. The van der Waals surface area contributed by atoms with E-state index >= 15 is 0 Å². The molecular formula is C18H23IO2. The highest BCUT2D eigenvalue weighted by molar-refractivity contribution is 14.1. The van der Waals surface area contributed by atoms with Crippen LogP contribution < -0.4 is 0 Å². The van der Waals surface area contributed by atoms with Gasteiger partial charge in [-0.3, -0.25) is 0 Å². The molecule has 2 unspecified atom stereocenters. The van der Waals surface area contributed by atoms with Crippen molar-refractivity contribution >= 4 is 22.6 Å². The molecule has 0 amide bonds. The quantitative estimate of drug-likeness (QED) is 0.512. The van der Waals surface area contributed by atoms with Crippen LogP contribution in [0.15, 0.2) is 18.2 Å². The summed E-state index contributed by atoms with van der Waals surface area (Å²) in [7, 11) is 0. The molecule has 1 aromatic rings. The van der Waals surface area contributed by atoms with Crippen molar-refractivity contribution in [2.75, 3.05) is 0 Å². The van der Waals surface area contributed by atoms with Crippen molar-refractivity contribution in [2.45, 2.75) is 55.0 Å². The van der Waals surface area contributed by atoms with Crippen molar-refractivity contribution in [1.29, 1.82) is 0 Å². The van der Waals surface area contributed by atoms with Crippen LogP contribution in [0, 0.1) is 17.3 Å². The molecule has 3 heteroatoms. The van der Waals surface area contributed by atoms with E-state index in [2.05, 4.69) is 35.6 Å². The maximum atomic E-state index is 10.5. The molecule has 6 atom stereocenters. The lowest BCUT2D eigenvalue weighted by atomic mass is 9.55. The summed E-state index contributed by atoms with van der Waals surface area (Å²) in [6.45, 7) is 2.32.